The van der Waals surface area contributed by atoms with E-state index in [0.717, 1.165) is 31.9 Å². The monoisotopic (exact) mass is 388 g/mol. The average molecular weight is 388 g/mol. The molecule has 4 rings (SSSR count). The Kier molecular flexibility index (Phi) is 4.40. The van der Waals surface area contributed by atoms with Gasteiger partial charge in [-0.2, -0.15) is 0 Å². The number of oxazole rings is 1. The molecule has 0 spiro atoms. The number of sulfonamides is 1. The second-order valence-electron chi connectivity index (χ2n) is 6.59. The van der Waals surface area contributed by atoms with Crippen LogP contribution in [0.1, 0.15) is 0 Å². The highest BCUT2D eigenvalue weighted by Gasteiger charge is 2.21. The Balaban J connectivity index is 1.65. The number of rotatable bonds is 4. The van der Waals surface area contributed by atoms with Gasteiger partial charge in [-0.25, -0.2) is 13.2 Å². The molecular formula is C18H20N4O4S. The summed E-state index contributed by atoms with van der Waals surface area (Å²) in [4.78, 5) is 18.2. The third kappa shape index (κ3) is 3.56. The topological polar surface area (TPSA) is 98.6 Å². The highest BCUT2D eigenvalue weighted by Crippen LogP contribution is 2.29. The maximum Gasteiger partial charge on any atom is 0.417 e. The van der Waals surface area contributed by atoms with E-state index in [0.29, 0.717) is 11.2 Å². The zero-order valence-corrected chi connectivity index (χ0v) is 15.6. The van der Waals surface area contributed by atoms with Crippen LogP contribution in [0.3, 0.4) is 0 Å². The van der Waals surface area contributed by atoms with Gasteiger partial charge in [0.2, 0.25) is 0 Å². The molecule has 1 saturated heterocycles. The van der Waals surface area contributed by atoms with E-state index < -0.39 is 15.8 Å². The van der Waals surface area contributed by atoms with E-state index in [-0.39, 0.29) is 10.5 Å². The van der Waals surface area contributed by atoms with Gasteiger partial charge in [-0.15, -0.1) is 0 Å². The summed E-state index contributed by atoms with van der Waals surface area (Å²) < 4.78 is 33.4. The first-order chi connectivity index (χ1) is 12.9. The number of fused-ring (bicyclic) bond motifs is 1. The van der Waals surface area contributed by atoms with Crippen molar-refractivity contribution in [1.29, 1.82) is 0 Å². The summed E-state index contributed by atoms with van der Waals surface area (Å²) in [6.45, 7) is 3.50. The third-order valence-corrected chi connectivity index (χ3v) is 6.06. The van der Waals surface area contributed by atoms with Gasteiger partial charge >= 0.3 is 5.76 Å². The van der Waals surface area contributed by atoms with Crippen molar-refractivity contribution in [2.24, 2.45) is 0 Å². The van der Waals surface area contributed by atoms with Gasteiger partial charge in [-0.05, 0) is 31.3 Å². The number of piperazine rings is 1. The Morgan fingerprint density at radius 3 is 2.59 bits per heavy atom. The number of nitrogens with zero attached hydrogens (tertiary/aromatic N) is 2. The highest BCUT2D eigenvalue weighted by atomic mass is 32.2. The van der Waals surface area contributed by atoms with Crippen molar-refractivity contribution in [3.05, 3.63) is 53.0 Å². The van der Waals surface area contributed by atoms with E-state index in [2.05, 4.69) is 26.6 Å². The first-order valence-corrected chi connectivity index (χ1v) is 10.1. The molecule has 0 amide bonds. The summed E-state index contributed by atoms with van der Waals surface area (Å²) >= 11 is 0. The quantitative estimate of drug-likeness (QED) is 0.706. The van der Waals surface area contributed by atoms with Crippen molar-refractivity contribution in [3.8, 4) is 0 Å². The standard InChI is InChI=1S/C18H20N4O4S/c1-21-8-10-22(11-9-21)16-5-3-2-4-14(16)20-27(24,25)13-6-7-15-17(12-13)26-18(23)19-15/h2-7,12,20H,8-11H2,1H3,(H,19,23). The van der Waals surface area contributed by atoms with Crippen LogP contribution in [0.4, 0.5) is 11.4 Å². The van der Waals surface area contributed by atoms with E-state index in [9.17, 15) is 13.2 Å². The number of anilines is 2. The van der Waals surface area contributed by atoms with Crippen LogP contribution in [0.2, 0.25) is 0 Å². The summed E-state index contributed by atoms with van der Waals surface area (Å²) in [5, 5.41) is 0. The number of aromatic nitrogens is 1. The molecular weight excluding hydrogens is 368 g/mol. The number of hydrogen-bond donors (Lipinski definition) is 2. The molecule has 2 heterocycles. The number of aromatic amines is 1. The van der Waals surface area contributed by atoms with Crippen LogP contribution in [0.25, 0.3) is 11.1 Å². The zero-order valence-electron chi connectivity index (χ0n) is 14.8. The number of para-hydroxylation sites is 2. The summed E-state index contributed by atoms with van der Waals surface area (Å²) in [6.07, 6.45) is 0. The highest BCUT2D eigenvalue weighted by molar-refractivity contribution is 7.92. The van der Waals surface area contributed by atoms with Gasteiger partial charge in [0.05, 0.1) is 21.8 Å². The van der Waals surface area contributed by atoms with Gasteiger partial charge in [0.1, 0.15) is 0 Å². The third-order valence-electron chi connectivity index (χ3n) is 4.70. The number of H-pyrrole nitrogens is 1. The fourth-order valence-electron chi connectivity index (χ4n) is 3.18. The van der Waals surface area contributed by atoms with Crippen LogP contribution >= 0.6 is 0 Å². The predicted molar refractivity (Wildman–Crippen MR) is 104 cm³/mol. The van der Waals surface area contributed by atoms with E-state index in [1.54, 1.807) is 12.1 Å². The fourth-order valence-corrected chi connectivity index (χ4v) is 4.27. The zero-order chi connectivity index (χ0) is 19.0. The molecule has 2 aromatic carbocycles. The summed E-state index contributed by atoms with van der Waals surface area (Å²) in [5.41, 5.74) is 2.04. The lowest BCUT2D eigenvalue weighted by Gasteiger charge is -2.35. The Morgan fingerprint density at radius 2 is 1.81 bits per heavy atom. The van der Waals surface area contributed by atoms with E-state index >= 15 is 0 Å². The average Bonchev–Trinajstić information content (AvgIpc) is 3.02. The lowest BCUT2D eigenvalue weighted by atomic mass is 10.2. The second-order valence-corrected chi connectivity index (χ2v) is 8.27. The molecule has 0 saturated carbocycles. The van der Waals surface area contributed by atoms with Crippen LogP contribution in [0, 0.1) is 0 Å². The van der Waals surface area contributed by atoms with Gasteiger partial charge < -0.3 is 14.2 Å². The van der Waals surface area contributed by atoms with Gasteiger partial charge in [0, 0.05) is 32.2 Å². The van der Waals surface area contributed by atoms with E-state index in [4.69, 9.17) is 4.42 Å². The van der Waals surface area contributed by atoms with Gasteiger partial charge in [-0.3, -0.25) is 9.71 Å². The number of hydrogen-bond acceptors (Lipinski definition) is 6. The van der Waals surface area contributed by atoms with E-state index in [1.165, 1.54) is 18.2 Å². The molecule has 2 N–H and O–H groups in total. The Morgan fingerprint density at radius 1 is 1.07 bits per heavy atom. The lowest BCUT2D eigenvalue weighted by molar-refractivity contribution is 0.313. The van der Waals surface area contributed by atoms with Crippen molar-refractivity contribution >= 4 is 32.5 Å². The van der Waals surface area contributed by atoms with Crippen molar-refractivity contribution in [2.75, 3.05) is 42.8 Å². The number of benzene rings is 2. The SMILES string of the molecule is CN1CCN(c2ccccc2NS(=O)(=O)c2ccc3[nH]c(=O)oc3c2)CC1. The maximum atomic E-state index is 12.9. The number of nitrogens with one attached hydrogen (secondary N) is 2. The Labute approximate surface area is 156 Å². The Hall–Kier alpha value is -2.78. The molecule has 0 bridgehead atoms. The molecule has 0 aliphatic carbocycles. The molecule has 9 heteroatoms. The van der Waals surface area contributed by atoms with Gasteiger partial charge in [-0.1, -0.05) is 12.1 Å². The second kappa shape index (κ2) is 6.75. The molecule has 0 atom stereocenters. The number of likely N-dealkylation sites (N-methyl/N-ethyl adjacent to an activating group) is 1. The van der Waals surface area contributed by atoms with Crippen LogP contribution in [0.5, 0.6) is 0 Å². The molecule has 27 heavy (non-hydrogen) atoms. The fraction of sp³-hybridized carbons (Fsp3) is 0.278. The molecule has 1 aliphatic heterocycles. The van der Waals surface area contributed by atoms with Crippen LogP contribution in [-0.4, -0.2) is 51.5 Å². The van der Waals surface area contributed by atoms with Crippen LogP contribution in [-0.2, 0) is 10.0 Å². The molecule has 0 unspecified atom stereocenters. The van der Waals surface area contributed by atoms with Gasteiger partial charge in [0.15, 0.2) is 5.58 Å². The van der Waals surface area contributed by atoms with Crippen molar-refractivity contribution in [1.82, 2.24) is 9.88 Å². The molecule has 3 aromatic rings. The molecule has 1 fully saturated rings. The summed E-state index contributed by atoms with van der Waals surface area (Å²) in [5.74, 6) is -0.618. The van der Waals surface area contributed by atoms with Crippen molar-refractivity contribution < 1.29 is 12.8 Å². The minimum absolute atomic E-state index is 0.0333. The normalized spacial score (nSPS) is 16.0. The minimum atomic E-state index is -3.83. The van der Waals surface area contributed by atoms with Crippen LogP contribution in [0.15, 0.2) is 56.6 Å². The molecule has 142 valence electrons. The first-order valence-electron chi connectivity index (χ1n) is 8.61. The minimum Gasteiger partial charge on any atom is -0.408 e. The maximum absolute atomic E-state index is 12.9. The molecule has 1 aliphatic rings. The predicted octanol–water partition coefficient (Wildman–Crippen LogP) is 1.67. The molecule has 0 radical (unpaired) electrons. The molecule has 1 aromatic heterocycles. The van der Waals surface area contributed by atoms with Crippen LogP contribution < -0.4 is 15.4 Å². The largest absolute Gasteiger partial charge is 0.417 e. The summed E-state index contributed by atoms with van der Waals surface area (Å²) in [7, 11) is -1.76. The Bertz CT molecular complexity index is 1130. The summed E-state index contributed by atoms with van der Waals surface area (Å²) in [6, 6.07) is 11.7. The van der Waals surface area contributed by atoms with Gasteiger partial charge in [0.25, 0.3) is 10.0 Å². The molecule has 8 nitrogen and oxygen atoms in total. The van der Waals surface area contributed by atoms with Crippen molar-refractivity contribution in [3.63, 3.8) is 0 Å². The first kappa shape index (κ1) is 17.6. The van der Waals surface area contributed by atoms with Crippen molar-refractivity contribution in [2.45, 2.75) is 4.90 Å². The smallest absolute Gasteiger partial charge is 0.408 e. The van der Waals surface area contributed by atoms with E-state index in [1.807, 2.05) is 12.1 Å². The lowest BCUT2D eigenvalue weighted by Crippen LogP contribution is -2.44.